The van der Waals surface area contributed by atoms with Gasteiger partial charge in [-0.05, 0) is 68.0 Å². The highest BCUT2D eigenvalue weighted by Gasteiger charge is 2.30. The summed E-state index contributed by atoms with van der Waals surface area (Å²) in [5, 5.41) is 8.83. The number of anilines is 1. The van der Waals surface area contributed by atoms with Gasteiger partial charge in [0.1, 0.15) is 5.69 Å². The van der Waals surface area contributed by atoms with E-state index in [-0.39, 0.29) is 17.4 Å². The third-order valence-electron chi connectivity index (χ3n) is 6.48. The van der Waals surface area contributed by atoms with Gasteiger partial charge in [-0.1, -0.05) is 35.9 Å². The molecule has 2 N–H and O–H groups in total. The molecule has 1 saturated heterocycles. The normalized spacial score (nSPS) is 17.5. The van der Waals surface area contributed by atoms with Crippen molar-refractivity contribution in [3.8, 4) is 0 Å². The molecule has 2 amide bonds. The van der Waals surface area contributed by atoms with Gasteiger partial charge in [0.2, 0.25) is 0 Å². The molecule has 2 aromatic carbocycles. The van der Waals surface area contributed by atoms with Crippen molar-refractivity contribution >= 4 is 39.7 Å². The lowest BCUT2D eigenvalue weighted by Gasteiger charge is -2.23. The maximum absolute atomic E-state index is 13.4. The SMILES string of the molecule is Cc1cccc(Cn2c(C(=O)NC[C@]3(C)CCCO3)cc3cc(NC(=O)c4cccs4)ccc32)c1. The molecule has 0 aliphatic carbocycles. The molecule has 1 atom stereocenters. The minimum Gasteiger partial charge on any atom is -0.373 e. The fraction of sp³-hybridized carbons (Fsp3) is 0.286. The first-order valence-corrected chi connectivity index (χ1v) is 12.7. The summed E-state index contributed by atoms with van der Waals surface area (Å²) < 4.78 is 7.89. The Balaban J connectivity index is 1.46. The summed E-state index contributed by atoms with van der Waals surface area (Å²) in [6.07, 6.45) is 1.95. The molecule has 6 nitrogen and oxygen atoms in total. The van der Waals surface area contributed by atoms with Crippen molar-refractivity contribution in [2.75, 3.05) is 18.5 Å². The van der Waals surface area contributed by atoms with E-state index in [1.165, 1.54) is 16.9 Å². The molecule has 7 heteroatoms. The van der Waals surface area contributed by atoms with Crippen LogP contribution in [0.15, 0.2) is 66.0 Å². The number of nitrogens with zero attached hydrogens (tertiary/aromatic N) is 1. The van der Waals surface area contributed by atoms with Gasteiger partial charge in [0, 0.05) is 36.3 Å². The van der Waals surface area contributed by atoms with Crippen molar-refractivity contribution in [1.82, 2.24) is 9.88 Å². The highest BCUT2D eigenvalue weighted by Crippen LogP contribution is 2.27. The number of rotatable bonds is 7. The number of aryl methyl sites for hydroxylation is 1. The number of ether oxygens (including phenoxy) is 1. The second kappa shape index (κ2) is 9.68. The van der Waals surface area contributed by atoms with E-state index in [2.05, 4.69) is 35.8 Å². The molecular formula is C28H29N3O3S. The summed E-state index contributed by atoms with van der Waals surface area (Å²) in [6.45, 7) is 5.89. The number of benzene rings is 2. The third kappa shape index (κ3) is 5.16. The average Bonchev–Trinajstić information content (AvgIpc) is 3.59. The van der Waals surface area contributed by atoms with Crippen LogP contribution >= 0.6 is 11.3 Å². The number of carbonyl (C=O) groups is 2. The van der Waals surface area contributed by atoms with Gasteiger partial charge >= 0.3 is 0 Å². The van der Waals surface area contributed by atoms with Gasteiger partial charge in [-0.2, -0.15) is 0 Å². The third-order valence-corrected chi connectivity index (χ3v) is 7.35. The fourth-order valence-electron chi connectivity index (χ4n) is 4.63. The number of hydrogen-bond acceptors (Lipinski definition) is 4. The van der Waals surface area contributed by atoms with Crippen LogP contribution in [0, 0.1) is 6.92 Å². The number of carbonyl (C=O) groups excluding carboxylic acids is 2. The summed E-state index contributed by atoms with van der Waals surface area (Å²) in [5.41, 5.74) is 4.20. The molecule has 0 spiro atoms. The molecule has 5 rings (SSSR count). The lowest BCUT2D eigenvalue weighted by atomic mass is 10.0. The topological polar surface area (TPSA) is 72.4 Å². The largest absolute Gasteiger partial charge is 0.373 e. The molecule has 1 fully saturated rings. The zero-order chi connectivity index (χ0) is 24.4. The van der Waals surface area contributed by atoms with Crippen molar-refractivity contribution in [2.24, 2.45) is 0 Å². The van der Waals surface area contributed by atoms with Crippen LogP contribution < -0.4 is 10.6 Å². The Morgan fingerprint density at radius 1 is 1.09 bits per heavy atom. The Morgan fingerprint density at radius 3 is 2.71 bits per heavy atom. The highest BCUT2D eigenvalue weighted by molar-refractivity contribution is 7.12. The van der Waals surface area contributed by atoms with Gasteiger partial charge in [0.15, 0.2) is 0 Å². The number of fused-ring (bicyclic) bond motifs is 1. The Labute approximate surface area is 208 Å². The maximum atomic E-state index is 13.4. The summed E-state index contributed by atoms with van der Waals surface area (Å²) >= 11 is 1.40. The molecule has 3 heterocycles. The zero-order valence-electron chi connectivity index (χ0n) is 20.0. The molecule has 35 heavy (non-hydrogen) atoms. The fourth-order valence-corrected chi connectivity index (χ4v) is 5.25. The summed E-state index contributed by atoms with van der Waals surface area (Å²) in [4.78, 5) is 26.5. The van der Waals surface area contributed by atoms with Crippen molar-refractivity contribution in [2.45, 2.75) is 38.8 Å². The van der Waals surface area contributed by atoms with Crippen LogP contribution in [0.3, 0.4) is 0 Å². The standard InChI is InChI=1S/C28H29N3O3S/c1-19-6-3-7-20(14-19)17-31-23-10-9-22(30-27(33)25-8-4-13-35-25)15-21(23)16-24(31)26(32)29-18-28(2)11-5-12-34-28/h3-4,6-10,13-16H,5,11-12,17-18H2,1-2H3,(H,29,32)(H,30,33)/t28-/m0/s1. The number of amides is 2. The summed E-state index contributed by atoms with van der Waals surface area (Å²) in [7, 11) is 0. The summed E-state index contributed by atoms with van der Waals surface area (Å²) in [6, 6.07) is 19.6. The molecule has 180 valence electrons. The van der Waals surface area contributed by atoms with Crippen LogP contribution in [0.1, 0.15) is 51.1 Å². The van der Waals surface area contributed by atoms with Crippen molar-refractivity contribution < 1.29 is 14.3 Å². The molecule has 0 unspecified atom stereocenters. The quantitative estimate of drug-likeness (QED) is 0.356. The smallest absolute Gasteiger partial charge is 0.268 e. The molecule has 4 aromatic rings. The lowest BCUT2D eigenvalue weighted by molar-refractivity contribution is 0.0205. The lowest BCUT2D eigenvalue weighted by Crippen LogP contribution is -2.40. The van der Waals surface area contributed by atoms with E-state index in [9.17, 15) is 9.59 Å². The first kappa shape index (κ1) is 23.3. The van der Waals surface area contributed by atoms with Gasteiger partial charge in [-0.25, -0.2) is 0 Å². The molecule has 0 bridgehead atoms. The van der Waals surface area contributed by atoms with E-state index in [1.54, 1.807) is 6.07 Å². The van der Waals surface area contributed by atoms with Crippen molar-refractivity contribution in [3.63, 3.8) is 0 Å². The first-order valence-electron chi connectivity index (χ1n) is 11.9. The van der Waals surface area contributed by atoms with Gasteiger partial charge < -0.3 is 19.9 Å². The molecule has 2 aromatic heterocycles. The van der Waals surface area contributed by atoms with E-state index in [4.69, 9.17) is 4.74 Å². The minimum atomic E-state index is -0.317. The van der Waals surface area contributed by atoms with E-state index in [0.717, 1.165) is 35.9 Å². The predicted molar refractivity (Wildman–Crippen MR) is 140 cm³/mol. The van der Waals surface area contributed by atoms with E-state index >= 15 is 0 Å². The van der Waals surface area contributed by atoms with Crippen LogP contribution in [-0.2, 0) is 11.3 Å². The van der Waals surface area contributed by atoms with Crippen LogP contribution in [0.4, 0.5) is 5.69 Å². The van der Waals surface area contributed by atoms with E-state index in [1.807, 2.05) is 53.3 Å². The molecular weight excluding hydrogens is 458 g/mol. The van der Waals surface area contributed by atoms with E-state index in [0.29, 0.717) is 29.3 Å². The Hall–Kier alpha value is -3.42. The van der Waals surface area contributed by atoms with Gasteiger partial charge in [0.05, 0.1) is 10.5 Å². The molecule has 0 radical (unpaired) electrons. The number of nitrogens with one attached hydrogen (secondary N) is 2. The van der Waals surface area contributed by atoms with Gasteiger partial charge in [-0.3, -0.25) is 9.59 Å². The van der Waals surface area contributed by atoms with Crippen LogP contribution in [-0.4, -0.2) is 35.1 Å². The van der Waals surface area contributed by atoms with Crippen molar-refractivity contribution in [1.29, 1.82) is 0 Å². The zero-order valence-corrected chi connectivity index (χ0v) is 20.8. The van der Waals surface area contributed by atoms with Crippen LogP contribution in [0.2, 0.25) is 0 Å². The van der Waals surface area contributed by atoms with Gasteiger partial charge in [0.25, 0.3) is 11.8 Å². The molecule has 1 aliphatic heterocycles. The van der Waals surface area contributed by atoms with Gasteiger partial charge in [-0.15, -0.1) is 11.3 Å². The number of hydrogen-bond donors (Lipinski definition) is 2. The van der Waals surface area contributed by atoms with Crippen LogP contribution in [0.5, 0.6) is 0 Å². The van der Waals surface area contributed by atoms with Crippen LogP contribution in [0.25, 0.3) is 10.9 Å². The second-order valence-corrected chi connectivity index (χ2v) is 10.3. The molecule has 0 saturated carbocycles. The van der Waals surface area contributed by atoms with E-state index < -0.39 is 0 Å². The Morgan fingerprint density at radius 2 is 1.97 bits per heavy atom. The second-order valence-electron chi connectivity index (χ2n) is 9.39. The molecule has 1 aliphatic rings. The minimum absolute atomic E-state index is 0.130. The number of aromatic nitrogens is 1. The number of thiophene rings is 1. The Kier molecular flexibility index (Phi) is 6.45. The predicted octanol–water partition coefficient (Wildman–Crippen LogP) is 5.61. The Bertz CT molecular complexity index is 1370. The van der Waals surface area contributed by atoms with Crippen molar-refractivity contribution in [3.05, 3.63) is 87.7 Å². The monoisotopic (exact) mass is 487 g/mol. The first-order chi connectivity index (χ1) is 16.9. The highest BCUT2D eigenvalue weighted by atomic mass is 32.1. The summed E-state index contributed by atoms with van der Waals surface area (Å²) in [5.74, 6) is -0.268. The average molecular weight is 488 g/mol. The maximum Gasteiger partial charge on any atom is 0.268 e.